The molecule has 2 aromatic heterocycles. The predicted octanol–water partition coefficient (Wildman–Crippen LogP) is 3.42. The molecule has 0 saturated heterocycles. The summed E-state index contributed by atoms with van der Waals surface area (Å²) in [6.45, 7) is 2.64. The second kappa shape index (κ2) is 6.68. The zero-order chi connectivity index (χ0) is 18.3. The number of ether oxygens (including phenoxy) is 1. The van der Waals surface area contributed by atoms with E-state index in [1.165, 1.54) is 17.6 Å². The van der Waals surface area contributed by atoms with Crippen LogP contribution in [0.5, 0.6) is 0 Å². The van der Waals surface area contributed by atoms with Crippen LogP contribution >= 0.6 is 11.3 Å². The lowest BCUT2D eigenvalue weighted by Gasteiger charge is -2.17. The van der Waals surface area contributed by atoms with Crippen molar-refractivity contribution in [1.29, 1.82) is 0 Å². The van der Waals surface area contributed by atoms with E-state index in [4.69, 9.17) is 4.74 Å². The summed E-state index contributed by atoms with van der Waals surface area (Å²) < 4.78 is 6.39. The van der Waals surface area contributed by atoms with Gasteiger partial charge in [-0.15, -0.1) is 11.3 Å². The average Bonchev–Trinajstić information content (AvgIpc) is 3.01. The van der Waals surface area contributed by atoms with Gasteiger partial charge in [0.25, 0.3) is 5.56 Å². The van der Waals surface area contributed by atoms with Crippen LogP contribution in [0.4, 0.5) is 0 Å². The Morgan fingerprint density at radius 1 is 1.42 bits per heavy atom. The first-order valence-corrected chi connectivity index (χ1v) is 9.55. The fraction of sp³-hybridized carbons (Fsp3) is 0.350. The van der Waals surface area contributed by atoms with E-state index in [1.54, 1.807) is 40.4 Å². The molecule has 3 aromatic rings. The van der Waals surface area contributed by atoms with Crippen LogP contribution in [0.25, 0.3) is 10.2 Å². The molecule has 6 heteroatoms. The molecule has 1 atom stereocenters. The number of rotatable bonds is 3. The second-order valence-electron chi connectivity index (χ2n) is 6.90. The Labute approximate surface area is 155 Å². The van der Waals surface area contributed by atoms with Crippen molar-refractivity contribution in [2.45, 2.75) is 32.7 Å². The predicted molar refractivity (Wildman–Crippen MR) is 102 cm³/mol. The molecular formula is C20H20N2O3S. The van der Waals surface area contributed by atoms with E-state index < -0.39 is 0 Å². The van der Waals surface area contributed by atoms with Crippen LogP contribution in [0.3, 0.4) is 0 Å². The van der Waals surface area contributed by atoms with E-state index in [2.05, 4.69) is 11.9 Å². The first-order valence-electron chi connectivity index (χ1n) is 8.73. The van der Waals surface area contributed by atoms with E-state index in [-0.39, 0.29) is 11.5 Å². The maximum atomic E-state index is 13.1. The third-order valence-corrected chi connectivity index (χ3v) is 6.15. The molecule has 0 bridgehead atoms. The quantitative estimate of drug-likeness (QED) is 0.665. The Morgan fingerprint density at radius 2 is 2.27 bits per heavy atom. The van der Waals surface area contributed by atoms with Gasteiger partial charge in [-0.2, -0.15) is 0 Å². The summed E-state index contributed by atoms with van der Waals surface area (Å²) in [7, 11) is 1.36. The zero-order valence-corrected chi connectivity index (χ0v) is 15.6. The van der Waals surface area contributed by atoms with Gasteiger partial charge in [0.15, 0.2) is 0 Å². The maximum Gasteiger partial charge on any atom is 0.337 e. The topological polar surface area (TPSA) is 61.2 Å². The highest BCUT2D eigenvalue weighted by molar-refractivity contribution is 7.18. The standard InChI is InChI=1S/C20H20N2O3S/c1-12-6-7-15-16(8-12)26-18-17(15)19(23)22(11-21-18)10-13-4-3-5-14(9-13)20(24)25-2/h3-5,9,11-12H,6-8,10H2,1-2H3. The van der Waals surface area contributed by atoms with E-state index >= 15 is 0 Å². The fourth-order valence-corrected chi connectivity index (χ4v) is 4.93. The molecule has 2 heterocycles. The normalized spacial score (nSPS) is 16.5. The Bertz CT molecular complexity index is 1050. The lowest BCUT2D eigenvalue weighted by molar-refractivity contribution is 0.0600. The molecule has 0 fully saturated rings. The summed E-state index contributed by atoms with van der Waals surface area (Å²) in [5.74, 6) is 0.285. The summed E-state index contributed by atoms with van der Waals surface area (Å²) in [5, 5.41) is 0.781. The third kappa shape index (κ3) is 2.94. The van der Waals surface area contributed by atoms with Crippen LogP contribution < -0.4 is 5.56 Å². The largest absolute Gasteiger partial charge is 0.465 e. The number of carbonyl (C=O) groups excluding carboxylic acids is 1. The summed E-state index contributed by atoms with van der Waals surface area (Å²) in [6, 6.07) is 7.16. The Kier molecular flexibility index (Phi) is 4.36. The number of benzene rings is 1. The van der Waals surface area contributed by atoms with Gasteiger partial charge in [0, 0.05) is 4.88 Å². The minimum atomic E-state index is -0.381. The summed E-state index contributed by atoms with van der Waals surface area (Å²) in [4.78, 5) is 31.5. The molecule has 0 aliphatic heterocycles. The SMILES string of the molecule is COC(=O)c1cccc(Cn2cnc3sc4c(c3c2=O)CCC(C)C4)c1. The molecule has 0 N–H and O–H groups in total. The monoisotopic (exact) mass is 368 g/mol. The number of fused-ring (bicyclic) bond motifs is 3. The van der Waals surface area contributed by atoms with E-state index in [0.717, 1.165) is 35.0 Å². The highest BCUT2D eigenvalue weighted by Crippen LogP contribution is 2.35. The van der Waals surface area contributed by atoms with E-state index in [9.17, 15) is 9.59 Å². The van der Waals surface area contributed by atoms with Crippen molar-refractivity contribution in [2.75, 3.05) is 7.11 Å². The molecule has 0 radical (unpaired) electrons. The van der Waals surface area contributed by atoms with Gasteiger partial charge in [-0.05, 0) is 48.4 Å². The van der Waals surface area contributed by atoms with Gasteiger partial charge in [-0.25, -0.2) is 9.78 Å². The molecule has 134 valence electrons. The fourth-order valence-electron chi connectivity index (χ4n) is 3.59. The number of methoxy groups -OCH3 is 1. The van der Waals surface area contributed by atoms with Crippen LogP contribution in [-0.4, -0.2) is 22.6 Å². The molecule has 1 aromatic carbocycles. The second-order valence-corrected chi connectivity index (χ2v) is 7.99. The zero-order valence-electron chi connectivity index (χ0n) is 14.8. The van der Waals surface area contributed by atoms with Crippen LogP contribution in [0.2, 0.25) is 0 Å². The molecule has 1 aliphatic carbocycles. The first kappa shape index (κ1) is 17.0. The smallest absolute Gasteiger partial charge is 0.337 e. The summed E-state index contributed by atoms with van der Waals surface area (Å²) >= 11 is 1.66. The van der Waals surface area contributed by atoms with Gasteiger partial charge in [0.1, 0.15) is 4.83 Å². The van der Waals surface area contributed by atoms with Gasteiger partial charge in [-0.3, -0.25) is 9.36 Å². The molecule has 1 aliphatic rings. The number of esters is 1. The van der Waals surface area contributed by atoms with Crippen molar-refractivity contribution in [3.8, 4) is 0 Å². The number of carbonyl (C=O) groups is 1. The maximum absolute atomic E-state index is 13.1. The van der Waals surface area contributed by atoms with Gasteiger partial charge in [-0.1, -0.05) is 19.1 Å². The van der Waals surface area contributed by atoms with E-state index in [0.29, 0.717) is 18.0 Å². The minimum Gasteiger partial charge on any atom is -0.465 e. The summed E-state index contributed by atoms with van der Waals surface area (Å²) in [6.07, 6.45) is 4.72. The van der Waals surface area contributed by atoms with Gasteiger partial charge >= 0.3 is 5.97 Å². The minimum absolute atomic E-state index is 0.00511. The average molecular weight is 368 g/mol. The van der Waals surface area contributed by atoms with Gasteiger partial charge in [0.2, 0.25) is 0 Å². The Balaban J connectivity index is 1.73. The lowest BCUT2D eigenvalue weighted by atomic mass is 9.89. The van der Waals surface area contributed by atoms with Crippen LogP contribution in [0.15, 0.2) is 35.4 Å². The third-order valence-electron chi connectivity index (χ3n) is 4.98. The van der Waals surface area contributed by atoms with Crippen LogP contribution in [0.1, 0.15) is 39.7 Å². The number of nitrogens with zero attached hydrogens (tertiary/aromatic N) is 2. The number of hydrogen-bond donors (Lipinski definition) is 0. The molecular weight excluding hydrogens is 348 g/mol. The van der Waals surface area contributed by atoms with Crippen LogP contribution in [-0.2, 0) is 24.1 Å². The van der Waals surface area contributed by atoms with Crippen molar-refractivity contribution >= 4 is 27.5 Å². The first-order chi connectivity index (χ1) is 12.6. The number of aryl methyl sites for hydroxylation is 1. The van der Waals surface area contributed by atoms with Crippen molar-refractivity contribution in [1.82, 2.24) is 9.55 Å². The van der Waals surface area contributed by atoms with Gasteiger partial charge in [0.05, 0.1) is 30.9 Å². The molecule has 0 amide bonds. The highest BCUT2D eigenvalue weighted by Gasteiger charge is 2.23. The Morgan fingerprint density at radius 3 is 3.08 bits per heavy atom. The number of aromatic nitrogens is 2. The molecule has 26 heavy (non-hydrogen) atoms. The Hall–Kier alpha value is -2.47. The van der Waals surface area contributed by atoms with Crippen molar-refractivity contribution in [3.05, 3.63) is 62.5 Å². The number of hydrogen-bond acceptors (Lipinski definition) is 5. The number of thiophene rings is 1. The lowest BCUT2D eigenvalue weighted by Crippen LogP contribution is -2.22. The molecule has 0 saturated carbocycles. The molecule has 4 rings (SSSR count). The van der Waals surface area contributed by atoms with Crippen molar-refractivity contribution < 1.29 is 9.53 Å². The molecule has 1 unspecified atom stereocenters. The molecule has 0 spiro atoms. The summed E-state index contributed by atoms with van der Waals surface area (Å²) in [5.41, 5.74) is 2.55. The van der Waals surface area contributed by atoms with E-state index in [1.807, 2.05) is 6.07 Å². The molecule has 5 nitrogen and oxygen atoms in total. The van der Waals surface area contributed by atoms with Crippen LogP contribution in [0, 0.1) is 5.92 Å². The highest BCUT2D eigenvalue weighted by atomic mass is 32.1. The van der Waals surface area contributed by atoms with Crippen molar-refractivity contribution in [2.24, 2.45) is 5.92 Å². The van der Waals surface area contributed by atoms with Crippen molar-refractivity contribution in [3.63, 3.8) is 0 Å². The van der Waals surface area contributed by atoms with Gasteiger partial charge < -0.3 is 4.74 Å².